The van der Waals surface area contributed by atoms with Crippen molar-refractivity contribution >= 4 is 5.91 Å². The quantitative estimate of drug-likeness (QED) is 0.854. The van der Waals surface area contributed by atoms with Crippen molar-refractivity contribution in [2.24, 2.45) is 5.92 Å². The molecule has 0 aromatic rings. The van der Waals surface area contributed by atoms with E-state index in [9.17, 15) is 9.90 Å². The Morgan fingerprint density at radius 1 is 1.00 bits per heavy atom. The number of hydrogen-bond acceptors (Lipinski definition) is 3. The Labute approximate surface area is 122 Å². The maximum absolute atomic E-state index is 12.7. The van der Waals surface area contributed by atoms with Crippen LogP contribution in [0, 0.1) is 5.92 Å². The van der Waals surface area contributed by atoms with Crippen LogP contribution in [-0.4, -0.2) is 59.1 Å². The summed E-state index contributed by atoms with van der Waals surface area (Å²) < 4.78 is 0. The number of fused-ring (bicyclic) bond motifs is 1. The van der Waals surface area contributed by atoms with Gasteiger partial charge in [-0.2, -0.15) is 0 Å². The van der Waals surface area contributed by atoms with Crippen LogP contribution < -0.4 is 0 Å². The summed E-state index contributed by atoms with van der Waals surface area (Å²) in [6, 6.07) is 0.728. The zero-order valence-corrected chi connectivity index (χ0v) is 12.5. The molecule has 1 aliphatic carbocycles. The number of aliphatic hydroxyl groups is 1. The fraction of sp³-hybridized carbons (Fsp3) is 0.938. The van der Waals surface area contributed by atoms with Gasteiger partial charge < -0.3 is 10.0 Å². The molecule has 1 saturated carbocycles. The van der Waals surface area contributed by atoms with Crippen LogP contribution >= 0.6 is 0 Å². The Morgan fingerprint density at radius 2 is 1.75 bits per heavy atom. The Balaban J connectivity index is 1.60. The smallest absolute Gasteiger partial charge is 0.237 e. The van der Waals surface area contributed by atoms with Crippen molar-refractivity contribution in [1.82, 2.24) is 9.80 Å². The zero-order chi connectivity index (χ0) is 13.9. The second-order valence-corrected chi connectivity index (χ2v) is 6.79. The highest BCUT2D eigenvalue weighted by atomic mass is 16.3. The molecule has 0 aromatic carbocycles. The van der Waals surface area contributed by atoms with Crippen LogP contribution in [0.1, 0.15) is 51.4 Å². The molecule has 0 aromatic heterocycles. The van der Waals surface area contributed by atoms with Crippen molar-refractivity contribution in [2.45, 2.75) is 63.5 Å². The third-order valence-electron chi connectivity index (χ3n) is 5.61. The molecule has 3 rings (SSSR count). The molecule has 20 heavy (non-hydrogen) atoms. The van der Waals surface area contributed by atoms with Gasteiger partial charge in [0.15, 0.2) is 0 Å². The number of hydrogen-bond donors (Lipinski definition) is 1. The predicted molar refractivity (Wildman–Crippen MR) is 78.4 cm³/mol. The number of likely N-dealkylation sites (tertiary alicyclic amines) is 2. The summed E-state index contributed by atoms with van der Waals surface area (Å²) in [5, 5.41) is 9.38. The first-order chi connectivity index (χ1) is 9.79. The Hall–Kier alpha value is -0.610. The summed E-state index contributed by atoms with van der Waals surface area (Å²) >= 11 is 0. The Bertz CT molecular complexity index is 345. The minimum atomic E-state index is 0.194. The Morgan fingerprint density at radius 3 is 2.60 bits per heavy atom. The number of aliphatic hydroxyl groups excluding tert-OH is 1. The lowest BCUT2D eigenvalue weighted by Gasteiger charge is -2.44. The van der Waals surface area contributed by atoms with Crippen LogP contribution in [0.3, 0.4) is 0 Å². The second-order valence-electron chi connectivity index (χ2n) is 6.79. The number of nitrogens with zero attached hydrogens (tertiary/aromatic N) is 2. The van der Waals surface area contributed by atoms with E-state index in [0.29, 0.717) is 18.5 Å². The lowest BCUT2D eigenvalue weighted by molar-refractivity contribution is -0.139. The van der Waals surface area contributed by atoms with E-state index in [2.05, 4.69) is 9.80 Å². The minimum Gasteiger partial charge on any atom is -0.395 e. The molecule has 1 N–H and O–H groups in total. The first-order valence-electron chi connectivity index (χ1n) is 8.44. The first kappa shape index (κ1) is 14.3. The fourth-order valence-electron chi connectivity index (χ4n) is 4.51. The van der Waals surface area contributed by atoms with E-state index in [4.69, 9.17) is 0 Å². The number of carbonyl (C=O) groups is 1. The van der Waals surface area contributed by atoms with Gasteiger partial charge in [-0.05, 0) is 51.0 Å². The average Bonchev–Trinajstić information content (AvgIpc) is 2.93. The van der Waals surface area contributed by atoms with Crippen LogP contribution in [-0.2, 0) is 4.79 Å². The van der Waals surface area contributed by atoms with E-state index in [0.717, 1.165) is 31.8 Å². The third kappa shape index (κ3) is 2.86. The number of rotatable bonds is 3. The van der Waals surface area contributed by atoms with Gasteiger partial charge in [0.05, 0.1) is 13.2 Å². The van der Waals surface area contributed by atoms with E-state index in [1.807, 2.05) is 0 Å². The van der Waals surface area contributed by atoms with Gasteiger partial charge in [-0.25, -0.2) is 0 Å². The van der Waals surface area contributed by atoms with Gasteiger partial charge in [0.1, 0.15) is 0 Å². The maximum Gasteiger partial charge on any atom is 0.237 e. The molecule has 4 nitrogen and oxygen atoms in total. The average molecular weight is 280 g/mol. The first-order valence-corrected chi connectivity index (χ1v) is 8.44. The molecule has 3 atom stereocenters. The molecule has 2 saturated heterocycles. The van der Waals surface area contributed by atoms with Crippen molar-refractivity contribution in [2.75, 3.05) is 26.2 Å². The molecule has 2 heterocycles. The molecule has 114 valence electrons. The normalized spacial score (nSPS) is 35.0. The predicted octanol–water partition coefficient (Wildman–Crippen LogP) is 1.62. The Kier molecular flexibility index (Phi) is 4.61. The molecule has 2 aliphatic heterocycles. The number of carbonyl (C=O) groups excluding carboxylic acids is 1. The van der Waals surface area contributed by atoms with Crippen molar-refractivity contribution in [3.63, 3.8) is 0 Å². The van der Waals surface area contributed by atoms with Gasteiger partial charge in [-0.15, -0.1) is 0 Å². The van der Waals surface area contributed by atoms with Gasteiger partial charge in [-0.3, -0.25) is 9.69 Å². The molecule has 3 fully saturated rings. The molecule has 1 amide bonds. The van der Waals surface area contributed by atoms with E-state index >= 15 is 0 Å². The van der Waals surface area contributed by atoms with Gasteiger partial charge in [-0.1, -0.05) is 12.8 Å². The highest BCUT2D eigenvalue weighted by Crippen LogP contribution is 2.35. The summed E-state index contributed by atoms with van der Waals surface area (Å²) in [5.74, 6) is 1.07. The largest absolute Gasteiger partial charge is 0.395 e. The summed E-state index contributed by atoms with van der Waals surface area (Å²) in [6.07, 6.45) is 9.81. The van der Waals surface area contributed by atoms with E-state index in [1.165, 1.54) is 38.5 Å². The van der Waals surface area contributed by atoms with Gasteiger partial charge >= 0.3 is 0 Å². The van der Waals surface area contributed by atoms with Crippen LogP contribution in [0.2, 0.25) is 0 Å². The zero-order valence-electron chi connectivity index (χ0n) is 12.5. The highest BCUT2D eigenvalue weighted by molar-refractivity contribution is 5.78. The molecular weight excluding hydrogens is 252 g/mol. The summed E-state index contributed by atoms with van der Waals surface area (Å²) in [6.45, 7) is 2.64. The highest BCUT2D eigenvalue weighted by Gasteiger charge is 2.36. The van der Waals surface area contributed by atoms with Crippen LogP contribution in [0.5, 0.6) is 0 Å². The van der Waals surface area contributed by atoms with Crippen LogP contribution in [0.4, 0.5) is 0 Å². The van der Waals surface area contributed by atoms with Crippen molar-refractivity contribution in [3.8, 4) is 0 Å². The molecular formula is C16H28N2O2. The topological polar surface area (TPSA) is 43.8 Å². The number of piperidine rings is 1. The van der Waals surface area contributed by atoms with Crippen molar-refractivity contribution in [1.29, 1.82) is 0 Å². The molecule has 3 aliphatic rings. The molecule has 0 bridgehead atoms. The number of amides is 1. The van der Waals surface area contributed by atoms with E-state index < -0.39 is 0 Å². The second kappa shape index (κ2) is 6.44. The molecule has 4 heteroatoms. The van der Waals surface area contributed by atoms with Gasteiger partial charge in [0.2, 0.25) is 5.91 Å². The molecule has 0 radical (unpaired) electrons. The van der Waals surface area contributed by atoms with Gasteiger partial charge in [0, 0.05) is 18.6 Å². The molecule has 0 spiro atoms. The summed E-state index contributed by atoms with van der Waals surface area (Å²) in [5.41, 5.74) is 0. The SMILES string of the molecule is O=C(CN1CCCC1CO)N1CCCC2CCCCC21. The standard InChI is InChI=1S/C16H28N2O2/c19-12-14-7-4-9-17(14)11-16(20)18-10-3-6-13-5-1-2-8-15(13)18/h13-15,19H,1-12H2. The summed E-state index contributed by atoms with van der Waals surface area (Å²) in [7, 11) is 0. The van der Waals surface area contributed by atoms with Crippen LogP contribution in [0.25, 0.3) is 0 Å². The molecule has 3 unspecified atom stereocenters. The summed E-state index contributed by atoms with van der Waals surface area (Å²) in [4.78, 5) is 17.0. The monoisotopic (exact) mass is 280 g/mol. The van der Waals surface area contributed by atoms with E-state index in [1.54, 1.807) is 0 Å². The van der Waals surface area contributed by atoms with Crippen LogP contribution in [0.15, 0.2) is 0 Å². The van der Waals surface area contributed by atoms with Crippen molar-refractivity contribution in [3.05, 3.63) is 0 Å². The maximum atomic E-state index is 12.7. The fourth-order valence-corrected chi connectivity index (χ4v) is 4.51. The van der Waals surface area contributed by atoms with Gasteiger partial charge in [0.25, 0.3) is 0 Å². The lowest BCUT2D eigenvalue weighted by Crippen LogP contribution is -2.53. The minimum absolute atomic E-state index is 0.194. The third-order valence-corrected chi connectivity index (χ3v) is 5.61. The van der Waals surface area contributed by atoms with E-state index in [-0.39, 0.29) is 12.6 Å². The lowest BCUT2D eigenvalue weighted by atomic mass is 9.78. The van der Waals surface area contributed by atoms with Crippen molar-refractivity contribution < 1.29 is 9.90 Å².